The van der Waals surface area contributed by atoms with Gasteiger partial charge in [0, 0.05) is 11.7 Å². The lowest BCUT2D eigenvalue weighted by molar-refractivity contribution is -0.133. The molecule has 0 radical (unpaired) electrons. The monoisotopic (exact) mass is 189 g/mol. The summed E-state index contributed by atoms with van der Waals surface area (Å²) in [5, 5.41) is 1.13. The van der Waals surface area contributed by atoms with E-state index in [1.807, 2.05) is 37.4 Å². The molecule has 1 heterocycles. The van der Waals surface area contributed by atoms with Gasteiger partial charge in [-0.2, -0.15) is 0 Å². The molecule has 0 saturated carbocycles. The Kier molecular flexibility index (Phi) is 2.23. The average Bonchev–Trinajstić information content (AvgIpc) is 2.64. The Morgan fingerprint density at radius 2 is 2.29 bits per heavy atom. The maximum absolute atomic E-state index is 10.2. The summed E-state index contributed by atoms with van der Waals surface area (Å²) < 4.78 is 4.86. The van der Waals surface area contributed by atoms with E-state index in [1.54, 1.807) is 0 Å². The summed E-state index contributed by atoms with van der Waals surface area (Å²) in [4.78, 5) is 13.3. The van der Waals surface area contributed by atoms with E-state index in [0.29, 0.717) is 6.47 Å². The van der Waals surface area contributed by atoms with Crippen LogP contribution in [0.4, 0.5) is 0 Å². The van der Waals surface area contributed by atoms with Crippen LogP contribution in [-0.2, 0) is 9.53 Å². The minimum atomic E-state index is -0.188. The van der Waals surface area contributed by atoms with Crippen LogP contribution in [0.1, 0.15) is 18.6 Å². The van der Waals surface area contributed by atoms with Gasteiger partial charge in [0.15, 0.2) is 0 Å². The molecule has 1 aromatic heterocycles. The van der Waals surface area contributed by atoms with Gasteiger partial charge in [0.25, 0.3) is 6.47 Å². The Bertz CT molecular complexity index is 447. The summed E-state index contributed by atoms with van der Waals surface area (Å²) in [6.45, 7) is 2.33. The van der Waals surface area contributed by atoms with E-state index in [9.17, 15) is 4.79 Å². The van der Waals surface area contributed by atoms with E-state index in [-0.39, 0.29) is 6.10 Å². The van der Waals surface area contributed by atoms with Gasteiger partial charge >= 0.3 is 0 Å². The number of carbonyl (C=O) groups excluding carboxylic acids is 1. The van der Waals surface area contributed by atoms with Gasteiger partial charge in [-0.3, -0.25) is 4.79 Å². The van der Waals surface area contributed by atoms with E-state index in [1.165, 1.54) is 0 Å². The van der Waals surface area contributed by atoms with Crippen molar-refractivity contribution in [2.75, 3.05) is 0 Å². The number of H-pyrrole nitrogens is 1. The average molecular weight is 189 g/mol. The molecule has 0 saturated heterocycles. The zero-order valence-corrected chi connectivity index (χ0v) is 7.86. The fourth-order valence-corrected chi connectivity index (χ4v) is 1.49. The number of fused-ring (bicyclic) bond motifs is 1. The minimum Gasteiger partial charge on any atom is -0.460 e. The largest absolute Gasteiger partial charge is 0.460 e. The standard InChI is InChI=1S/C11H11NO2/c1-8(14-7-13)9-2-3-11-10(6-9)4-5-12-11/h2-8,12H,1H3. The van der Waals surface area contributed by atoms with Crippen LogP contribution in [0.5, 0.6) is 0 Å². The number of aromatic amines is 1. The highest BCUT2D eigenvalue weighted by atomic mass is 16.5. The number of aromatic nitrogens is 1. The van der Waals surface area contributed by atoms with Crippen LogP contribution in [0.15, 0.2) is 30.5 Å². The second kappa shape index (κ2) is 3.54. The third kappa shape index (κ3) is 1.48. The molecule has 1 N–H and O–H groups in total. The van der Waals surface area contributed by atoms with Crippen LogP contribution >= 0.6 is 0 Å². The predicted octanol–water partition coefficient (Wildman–Crippen LogP) is 2.40. The van der Waals surface area contributed by atoms with Gasteiger partial charge in [0.05, 0.1) is 0 Å². The van der Waals surface area contributed by atoms with Crippen LogP contribution in [0.3, 0.4) is 0 Å². The lowest BCUT2D eigenvalue weighted by Gasteiger charge is -2.09. The lowest BCUT2D eigenvalue weighted by atomic mass is 10.1. The number of rotatable bonds is 3. The predicted molar refractivity (Wildman–Crippen MR) is 53.9 cm³/mol. The van der Waals surface area contributed by atoms with Crippen molar-refractivity contribution in [2.24, 2.45) is 0 Å². The van der Waals surface area contributed by atoms with Crippen molar-refractivity contribution in [2.45, 2.75) is 13.0 Å². The normalized spacial score (nSPS) is 12.6. The summed E-state index contributed by atoms with van der Waals surface area (Å²) in [6, 6.07) is 7.94. The van der Waals surface area contributed by atoms with Crippen molar-refractivity contribution in [1.82, 2.24) is 4.98 Å². The summed E-state index contributed by atoms with van der Waals surface area (Å²) in [5.74, 6) is 0. The molecule has 0 aliphatic carbocycles. The first kappa shape index (κ1) is 8.81. The van der Waals surface area contributed by atoms with Gasteiger partial charge in [-0.15, -0.1) is 0 Å². The minimum absolute atomic E-state index is 0.188. The number of hydrogen-bond acceptors (Lipinski definition) is 2. The van der Waals surface area contributed by atoms with E-state index in [4.69, 9.17) is 4.74 Å². The summed E-state index contributed by atoms with van der Waals surface area (Å²) >= 11 is 0. The van der Waals surface area contributed by atoms with Crippen LogP contribution in [0.25, 0.3) is 10.9 Å². The zero-order chi connectivity index (χ0) is 9.97. The molecule has 0 bridgehead atoms. The molecule has 0 spiro atoms. The van der Waals surface area contributed by atoms with Crippen molar-refractivity contribution < 1.29 is 9.53 Å². The zero-order valence-electron chi connectivity index (χ0n) is 7.86. The molecule has 2 rings (SSSR count). The third-order valence-electron chi connectivity index (χ3n) is 2.31. The molecule has 0 fully saturated rings. The van der Waals surface area contributed by atoms with E-state index in [2.05, 4.69) is 4.98 Å². The molecule has 0 amide bonds. The topological polar surface area (TPSA) is 42.1 Å². The van der Waals surface area contributed by atoms with Gasteiger partial charge in [0.2, 0.25) is 0 Å². The Morgan fingerprint density at radius 3 is 3.07 bits per heavy atom. The number of hydrogen-bond donors (Lipinski definition) is 1. The fraction of sp³-hybridized carbons (Fsp3) is 0.182. The molecule has 1 atom stereocenters. The van der Waals surface area contributed by atoms with Gasteiger partial charge in [0.1, 0.15) is 6.10 Å². The number of carbonyl (C=O) groups is 1. The maximum atomic E-state index is 10.2. The van der Waals surface area contributed by atoms with E-state index in [0.717, 1.165) is 16.5 Å². The molecule has 3 nitrogen and oxygen atoms in total. The third-order valence-corrected chi connectivity index (χ3v) is 2.31. The molecule has 1 aromatic carbocycles. The second-order valence-corrected chi connectivity index (χ2v) is 3.20. The van der Waals surface area contributed by atoms with Crippen LogP contribution < -0.4 is 0 Å². The molecule has 14 heavy (non-hydrogen) atoms. The summed E-state index contributed by atoms with van der Waals surface area (Å²) in [6.07, 6.45) is 1.70. The quantitative estimate of drug-likeness (QED) is 0.753. The smallest absolute Gasteiger partial charge is 0.293 e. The van der Waals surface area contributed by atoms with Crippen molar-refractivity contribution in [3.05, 3.63) is 36.0 Å². The first-order valence-corrected chi connectivity index (χ1v) is 4.47. The van der Waals surface area contributed by atoms with Crippen molar-refractivity contribution >= 4 is 17.4 Å². The highest BCUT2D eigenvalue weighted by molar-refractivity contribution is 5.80. The number of benzene rings is 1. The summed E-state index contributed by atoms with van der Waals surface area (Å²) in [5.41, 5.74) is 2.09. The Balaban J connectivity index is 2.38. The number of ether oxygens (including phenoxy) is 1. The molecular weight excluding hydrogens is 178 g/mol. The maximum Gasteiger partial charge on any atom is 0.293 e. The van der Waals surface area contributed by atoms with Crippen LogP contribution in [0, 0.1) is 0 Å². The fourth-order valence-electron chi connectivity index (χ4n) is 1.49. The second-order valence-electron chi connectivity index (χ2n) is 3.20. The molecule has 0 aliphatic rings. The SMILES string of the molecule is CC(OC=O)c1ccc2[nH]ccc2c1. The highest BCUT2D eigenvalue weighted by Gasteiger charge is 2.05. The van der Waals surface area contributed by atoms with E-state index >= 15 is 0 Å². The highest BCUT2D eigenvalue weighted by Crippen LogP contribution is 2.21. The van der Waals surface area contributed by atoms with Gasteiger partial charge in [-0.1, -0.05) is 6.07 Å². The Morgan fingerprint density at radius 1 is 1.43 bits per heavy atom. The van der Waals surface area contributed by atoms with Crippen LogP contribution in [-0.4, -0.2) is 11.5 Å². The van der Waals surface area contributed by atoms with E-state index < -0.39 is 0 Å². The van der Waals surface area contributed by atoms with Crippen molar-refractivity contribution in [3.8, 4) is 0 Å². The first-order chi connectivity index (χ1) is 6.81. The molecule has 0 aliphatic heterocycles. The lowest BCUT2D eigenvalue weighted by Crippen LogP contribution is -1.97. The molecule has 72 valence electrons. The van der Waals surface area contributed by atoms with Gasteiger partial charge < -0.3 is 9.72 Å². The number of nitrogens with one attached hydrogen (secondary N) is 1. The van der Waals surface area contributed by atoms with Gasteiger partial charge in [-0.25, -0.2) is 0 Å². The molecule has 1 unspecified atom stereocenters. The van der Waals surface area contributed by atoms with Crippen molar-refractivity contribution in [1.29, 1.82) is 0 Å². The van der Waals surface area contributed by atoms with Crippen LogP contribution in [0.2, 0.25) is 0 Å². The van der Waals surface area contributed by atoms with Gasteiger partial charge in [-0.05, 0) is 36.1 Å². The Labute approximate surface area is 81.7 Å². The van der Waals surface area contributed by atoms with Crippen molar-refractivity contribution in [3.63, 3.8) is 0 Å². The first-order valence-electron chi connectivity index (χ1n) is 4.47. The Hall–Kier alpha value is -1.77. The summed E-state index contributed by atoms with van der Waals surface area (Å²) in [7, 11) is 0. The molecular formula is C11H11NO2. The molecule has 3 heteroatoms. The molecule has 2 aromatic rings.